The number of aryl methyl sites for hydroxylation is 2. The lowest BCUT2D eigenvalue weighted by Crippen LogP contribution is -2.19. The third kappa shape index (κ3) is 5.93. The number of rotatable bonds is 9. The number of carbonyl (C=O) groups excluding carboxylic acids is 1. The van der Waals surface area contributed by atoms with Gasteiger partial charge in [0.15, 0.2) is 0 Å². The Labute approximate surface area is 215 Å². The number of amides is 1. The minimum atomic E-state index is -0.0432. The Morgan fingerprint density at radius 1 is 1.14 bits per heavy atom. The van der Waals surface area contributed by atoms with Crippen molar-refractivity contribution in [3.63, 3.8) is 0 Å². The van der Waals surface area contributed by atoms with Crippen molar-refractivity contribution >= 4 is 35.3 Å². The summed E-state index contributed by atoms with van der Waals surface area (Å²) in [6.07, 6.45) is 6.83. The maximum Gasteiger partial charge on any atom is 0.225 e. The Hall–Kier alpha value is -3.13. The van der Waals surface area contributed by atoms with E-state index in [0.29, 0.717) is 19.6 Å². The van der Waals surface area contributed by atoms with Crippen LogP contribution in [0.2, 0.25) is 0 Å². The van der Waals surface area contributed by atoms with E-state index in [2.05, 4.69) is 10.3 Å². The Morgan fingerprint density at radius 3 is 2.54 bits per heavy atom. The fraction of sp³-hybridized carbons (Fsp3) is 0.259. The van der Waals surface area contributed by atoms with E-state index in [9.17, 15) is 4.79 Å². The molecular formula is C27H28ClN3O3S. The second-order valence-electron chi connectivity index (χ2n) is 8.37. The first-order valence-corrected chi connectivity index (χ1v) is 12.3. The predicted octanol–water partition coefficient (Wildman–Crippen LogP) is 6.55. The molecule has 1 amide bonds. The molecule has 182 valence electrons. The molecule has 4 aromatic rings. The molecule has 0 saturated carbocycles. The lowest BCUT2D eigenvalue weighted by Gasteiger charge is -2.27. The fourth-order valence-electron chi connectivity index (χ4n) is 4.30. The van der Waals surface area contributed by atoms with E-state index in [-0.39, 0.29) is 24.2 Å². The van der Waals surface area contributed by atoms with Gasteiger partial charge in [-0.3, -0.25) is 4.79 Å². The van der Waals surface area contributed by atoms with Crippen LogP contribution in [0.1, 0.15) is 39.6 Å². The van der Waals surface area contributed by atoms with E-state index in [0.717, 1.165) is 51.0 Å². The summed E-state index contributed by atoms with van der Waals surface area (Å²) in [4.78, 5) is 19.3. The number of aromatic nitrogens is 2. The van der Waals surface area contributed by atoms with Gasteiger partial charge in [0.05, 0.1) is 18.6 Å². The van der Waals surface area contributed by atoms with Gasteiger partial charge in [0, 0.05) is 58.8 Å². The number of benzene rings is 2. The van der Waals surface area contributed by atoms with Crippen LogP contribution >= 0.6 is 23.7 Å². The van der Waals surface area contributed by atoms with Gasteiger partial charge in [0.25, 0.3) is 0 Å². The molecule has 0 unspecified atom stereocenters. The highest BCUT2D eigenvalue weighted by Gasteiger charge is 2.28. The van der Waals surface area contributed by atoms with Crippen LogP contribution in [0.4, 0.5) is 5.69 Å². The van der Waals surface area contributed by atoms with Gasteiger partial charge in [0.2, 0.25) is 5.91 Å². The molecule has 0 fully saturated rings. The van der Waals surface area contributed by atoms with Crippen molar-refractivity contribution in [2.45, 2.75) is 38.8 Å². The quantitative estimate of drug-likeness (QED) is 0.260. The molecule has 0 atom stereocenters. The van der Waals surface area contributed by atoms with E-state index in [4.69, 9.17) is 9.47 Å². The maximum absolute atomic E-state index is 13.1. The highest BCUT2D eigenvalue weighted by molar-refractivity contribution is 7.12. The molecule has 0 aliphatic carbocycles. The summed E-state index contributed by atoms with van der Waals surface area (Å²) in [6.45, 7) is 4.15. The molecule has 0 bridgehead atoms. The number of anilines is 1. The van der Waals surface area contributed by atoms with Gasteiger partial charge >= 0.3 is 0 Å². The monoisotopic (exact) mass is 509 g/mol. The van der Waals surface area contributed by atoms with Gasteiger partial charge in [-0.2, -0.15) is 0 Å². The van der Waals surface area contributed by atoms with Gasteiger partial charge in [-0.15, -0.1) is 23.7 Å². The van der Waals surface area contributed by atoms with Crippen LogP contribution in [0.5, 0.6) is 11.5 Å². The van der Waals surface area contributed by atoms with E-state index >= 15 is 0 Å². The van der Waals surface area contributed by atoms with Crippen LogP contribution in [0, 0.1) is 6.92 Å². The second-order valence-corrected chi connectivity index (χ2v) is 9.71. The van der Waals surface area contributed by atoms with Crippen molar-refractivity contribution < 1.29 is 14.3 Å². The summed E-state index contributed by atoms with van der Waals surface area (Å²) in [5.74, 6) is 1.58. The SMILES string of the molecule is Cc1sc(COCCCn2ccnc2)cc1NC(=O)CC1c2ccccc2Oc2ccccc21.Cl. The van der Waals surface area contributed by atoms with Crippen molar-refractivity contribution in [1.29, 1.82) is 0 Å². The van der Waals surface area contributed by atoms with Gasteiger partial charge < -0.3 is 19.4 Å². The minimum Gasteiger partial charge on any atom is -0.457 e. The lowest BCUT2D eigenvalue weighted by molar-refractivity contribution is -0.116. The normalized spacial score (nSPS) is 12.3. The molecule has 1 N–H and O–H groups in total. The molecule has 2 aromatic heterocycles. The number of carbonyl (C=O) groups is 1. The zero-order valence-corrected chi connectivity index (χ0v) is 21.1. The predicted molar refractivity (Wildman–Crippen MR) is 141 cm³/mol. The summed E-state index contributed by atoms with van der Waals surface area (Å²) in [5, 5.41) is 3.12. The van der Waals surface area contributed by atoms with Gasteiger partial charge in [-0.25, -0.2) is 4.98 Å². The van der Waals surface area contributed by atoms with Gasteiger partial charge in [-0.1, -0.05) is 36.4 Å². The largest absolute Gasteiger partial charge is 0.457 e. The first-order chi connectivity index (χ1) is 16.7. The maximum atomic E-state index is 13.1. The second kappa shape index (κ2) is 11.5. The minimum absolute atomic E-state index is 0. The third-order valence-corrected chi connectivity index (χ3v) is 6.97. The average molecular weight is 510 g/mol. The zero-order valence-electron chi connectivity index (χ0n) is 19.5. The van der Waals surface area contributed by atoms with E-state index in [1.807, 2.05) is 78.6 Å². The molecule has 0 saturated heterocycles. The fourth-order valence-corrected chi connectivity index (χ4v) is 5.23. The van der Waals surface area contributed by atoms with Crippen LogP contribution < -0.4 is 10.1 Å². The molecule has 0 spiro atoms. The average Bonchev–Trinajstić information content (AvgIpc) is 3.48. The summed E-state index contributed by atoms with van der Waals surface area (Å²) < 4.78 is 13.9. The number of hydrogen-bond acceptors (Lipinski definition) is 5. The molecule has 1 aliphatic rings. The number of nitrogens with zero attached hydrogens (tertiary/aromatic N) is 2. The van der Waals surface area contributed by atoms with Crippen molar-refractivity contribution in [3.8, 4) is 11.5 Å². The highest BCUT2D eigenvalue weighted by Crippen LogP contribution is 2.45. The Balaban J connectivity index is 0.00000289. The molecule has 5 rings (SSSR count). The van der Waals surface area contributed by atoms with Crippen molar-refractivity contribution in [1.82, 2.24) is 9.55 Å². The first kappa shape index (κ1) is 25.0. The number of nitrogens with one attached hydrogen (secondary N) is 1. The number of ether oxygens (including phenoxy) is 2. The van der Waals surface area contributed by atoms with E-state index < -0.39 is 0 Å². The van der Waals surface area contributed by atoms with Crippen LogP contribution in [0.15, 0.2) is 73.3 Å². The number of fused-ring (bicyclic) bond motifs is 2. The van der Waals surface area contributed by atoms with Crippen molar-refractivity contribution in [3.05, 3.63) is 94.2 Å². The van der Waals surface area contributed by atoms with Crippen LogP contribution in [0.3, 0.4) is 0 Å². The molecule has 6 nitrogen and oxygen atoms in total. The summed E-state index contributed by atoms with van der Waals surface area (Å²) in [5.41, 5.74) is 2.95. The van der Waals surface area contributed by atoms with Crippen LogP contribution in [0.25, 0.3) is 0 Å². The molecule has 1 aliphatic heterocycles. The number of thiophene rings is 1. The summed E-state index contributed by atoms with van der Waals surface area (Å²) in [6, 6.07) is 17.9. The number of hydrogen-bond donors (Lipinski definition) is 1. The van der Waals surface area contributed by atoms with Gasteiger partial charge in [0.1, 0.15) is 11.5 Å². The van der Waals surface area contributed by atoms with Gasteiger partial charge in [-0.05, 0) is 31.5 Å². The topological polar surface area (TPSA) is 65.4 Å². The van der Waals surface area contributed by atoms with E-state index in [1.54, 1.807) is 17.5 Å². The highest BCUT2D eigenvalue weighted by atomic mass is 35.5. The summed E-state index contributed by atoms with van der Waals surface area (Å²) >= 11 is 1.66. The number of para-hydroxylation sites is 2. The molecule has 3 heterocycles. The third-order valence-electron chi connectivity index (χ3n) is 5.95. The van der Waals surface area contributed by atoms with Crippen molar-refractivity contribution in [2.75, 3.05) is 11.9 Å². The first-order valence-electron chi connectivity index (χ1n) is 11.5. The number of halogens is 1. The molecule has 8 heteroatoms. The molecular weight excluding hydrogens is 482 g/mol. The van der Waals surface area contributed by atoms with Crippen LogP contribution in [-0.4, -0.2) is 22.1 Å². The smallest absolute Gasteiger partial charge is 0.225 e. The molecule has 0 radical (unpaired) electrons. The van der Waals surface area contributed by atoms with Crippen LogP contribution in [-0.2, 0) is 22.7 Å². The standard InChI is InChI=1S/C27H27N3O3S.ClH/c1-19-24(15-20(34-19)17-32-14-6-12-30-13-11-28-18-30)29-27(31)16-23-21-7-2-4-9-25(21)33-26-10-5-3-8-22(23)26;/h2-5,7-11,13,15,18,23H,6,12,14,16-17H2,1H3,(H,29,31);1H. The Morgan fingerprint density at radius 2 is 1.86 bits per heavy atom. The lowest BCUT2D eigenvalue weighted by atomic mass is 9.85. The number of imidazole rings is 1. The molecule has 35 heavy (non-hydrogen) atoms. The Bertz CT molecular complexity index is 1230. The molecule has 2 aromatic carbocycles. The zero-order chi connectivity index (χ0) is 23.3. The Kier molecular flexibility index (Phi) is 8.23. The summed E-state index contributed by atoms with van der Waals surface area (Å²) in [7, 11) is 0. The van der Waals surface area contributed by atoms with Crippen molar-refractivity contribution in [2.24, 2.45) is 0 Å². The van der Waals surface area contributed by atoms with E-state index in [1.165, 1.54) is 0 Å².